The van der Waals surface area contributed by atoms with Gasteiger partial charge in [-0.05, 0) is 40.5 Å². The smallest absolute Gasteiger partial charge is 0.302 e. The Balaban J connectivity index is -0.000000209. The first kappa shape index (κ1) is 23.4. The van der Waals surface area contributed by atoms with Gasteiger partial charge in [0, 0.05) is 26.7 Å². The summed E-state index contributed by atoms with van der Waals surface area (Å²) in [5.41, 5.74) is 0. The largest absolute Gasteiger partial charge is 0.463 e. The van der Waals surface area contributed by atoms with Crippen molar-refractivity contribution in [2.75, 3.05) is 19.8 Å². The molecule has 5 heteroatoms. The molecule has 2 unspecified atom stereocenters. The Morgan fingerprint density at radius 1 is 1.16 bits per heavy atom. The Bertz CT molecular complexity index is 169. The molecule has 0 aliphatic rings. The standard InChI is InChI=1S/C6H12O2.C4H10O2.C4H10O/c1-4-5(2)8-6(3)7;1-4(6)2-3-5;1-3-5-4-2/h5H,4H2,1-3H3;4-6H,2-3H2,1H3;3-4H2,1-2H3. The summed E-state index contributed by atoms with van der Waals surface area (Å²) < 4.78 is 9.59. The van der Waals surface area contributed by atoms with Crippen LogP contribution < -0.4 is 0 Å². The Kier molecular flexibility index (Phi) is 24.3. The zero-order valence-electron chi connectivity index (χ0n) is 13.3. The van der Waals surface area contributed by atoms with Gasteiger partial charge in [0.05, 0.1) is 12.2 Å². The summed E-state index contributed by atoms with van der Waals surface area (Å²) in [5.74, 6) is -0.195. The van der Waals surface area contributed by atoms with Crippen LogP contribution in [0, 0.1) is 0 Å². The maximum atomic E-state index is 10.2. The van der Waals surface area contributed by atoms with Crippen LogP contribution >= 0.6 is 0 Å². The minimum absolute atomic E-state index is 0.0764. The van der Waals surface area contributed by atoms with Crippen LogP contribution in [-0.4, -0.2) is 48.2 Å². The third kappa shape index (κ3) is 38.2. The summed E-state index contributed by atoms with van der Waals surface area (Å²) in [4.78, 5) is 10.2. The van der Waals surface area contributed by atoms with Crippen LogP contribution in [0.3, 0.4) is 0 Å². The molecule has 0 aromatic rings. The van der Waals surface area contributed by atoms with E-state index >= 15 is 0 Å². The Labute approximate surface area is 117 Å². The molecular weight excluding hydrogens is 248 g/mol. The van der Waals surface area contributed by atoms with E-state index in [2.05, 4.69) is 0 Å². The molecule has 0 radical (unpaired) electrons. The lowest BCUT2D eigenvalue weighted by atomic mass is 10.3. The molecule has 0 aromatic carbocycles. The number of rotatable bonds is 6. The van der Waals surface area contributed by atoms with Gasteiger partial charge in [-0.2, -0.15) is 0 Å². The molecule has 19 heavy (non-hydrogen) atoms. The molecule has 0 bridgehead atoms. The van der Waals surface area contributed by atoms with Gasteiger partial charge in [0.1, 0.15) is 0 Å². The maximum absolute atomic E-state index is 10.2. The number of carbonyl (C=O) groups excluding carboxylic acids is 1. The fraction of sp³-hybridized carbons (Fsp3) is 0.929. The summed E-state index contributed by atoms with van der Waals surface area (Å²) >= 11 is 0. The summed E-state index contributed by atoms with van der Waals surface area (Å²) in [5, 5.41) is 16.5. The molecule has 2 atom stereocenters. The van der Waals surface area contributed by atoms with Gasteiger partial charge in [0.25, 0.3) is 0 Å². The van der Waals surface area contributed by atoms with E-state index in [1.165, 1.54) is 6.92 Å². The van der Waals surface area contributed by atoms with Gasteiger partial charge in [-0.3, -0.25) is 4.79 Å². The highest BCUT2D eigenvalue weighted by Gasteiger charge is 1.99. The Morgan fingerprint density at radius 2 is 1.63 bits per heavy atom. The lowest BCUT2D eigenvalue weighted by molar-refractivity contribution is -0.145. The monoisotopic (exact) mass is 280 g/mol. The van der Waals surface area contributed by atoms with E-state index < -0.39 is 0 Å². The zero-order valence-corrected chi connectivity index (χ0v) is 13.3. The van der Waals surface area contributed by atoms with Crippen LogP contribution in [0.2, 0.25) is 0 Å². The van der Waals surface area contributed by atoms with Gasteiger partial charge < -0.3 is 19.7 Å². The molecule has 0 saturated heterocycles. The van der Waals surface area contributed by atoms with E-state index in [1.807, 2.05) is 27.7 Å². The summed E-state index contributed by atoms with van der Waals surface area (Å²) in [6.45, 7) is 12.7. The molecule has 0 aromatic heterocycles. The van der Waals surface area contributed by atoms with E-state index in [0.717, 1.165) is 19.6 Å². The fourth-order valence-electron chi connectivity index (χ4n) is 0.758. The molecule has 5 nitrogen and oxygen atoms in total. The summed E-state index contributed by atoms with van der Waals surface area (Å²) in [7, 11) is 0. The Morgan fingerprint density at radius 3 is 1.68 bits per heavy atom. The van der Waals surface area contributed by atoms with Crippen molar-refractivity contribution in [3.05, 3.63) is 0 Å². The molecular formula is C14H32O5. The number of aliphatic hydroxyl groups is 2. The highest BCUT2D eigenvalue weighted by molar-refractivity contribution is 5.66. The first-order chi connectivity index (χ1) is 8.85. The van der Waals surface area contributed by atoms with E-state index in [0.29, 0.717) is 6.42 Å². The molecule has 0 fully saturated rings. The molecule has 0 rings (SSSR count). The number of esters is 1. The fourth-order valence-corrected chi connectivity index (χ4v) is 0.758. The van der Waals surface area contributed by atoms with E-state index in [9.17, 15) is 4.79 Å². The van der Waals surface area contributed by atoms with Crippen molar-refractivity contribution >= 4 is 5.97 Å². The lowest BCUT2D eigenvalue weighted by Crippen LogP contribution is -2.09. The van der Waals surface area contributed by atoms with Crippen molar-refractivity contribution < 1.29 is 24.5 Å². The first-order valence-corrected chi connectivity index (χ1v) is 6.89. The van der Waals surface area contributed by atoms with Crippen LogP contribution in [0.4, 0.5) is 0 Å². The summed E-state index contributed by atoms with van der Waals surface area (Å²) in [6.07, 6.45) is 1.10. The van der Waals surface area contributed by atoms with E-state index in [4.69, 9.17) is 19.7 Å². The van der Waals surface area contributed by atoms with E-state index in [1.54, 1.807) is 6.92 Å². The van der Waals surface area contributed by atoms with Crippen LogP contribution in [0.1, 0.15) is 54.4 Å². The third-order valence-corrected chi connectivity index (χ3v) is 1.90. The molecule has 0 aliphatic heterocycles. The number of carbonyl (C=O) groups is 1. The van der Waals surface area contributed by atoms with Gasteiger partial charge in [0.15, 0.2) is 0 Å². The number of hydrogen-bond donors (Lipinski definition) is 2. The summed E-state index contributed by atoms with van der Waals surface area (Å²) in [6, 6.07) is 0. The molecule has 2 N–H and O–H groups in total. The van der Waals surface area contributed by atoms with Crippen molar-refractivity contribution in [3.63, 3.8) is 0 Å². The quantitative estimate of drug-likeness (QED) is 0.729. The minimum atomic E-state index is -0.352. The van der Waals surface area contributed by atoms with Gasteiger partial charge in [-0.1, -0.05) is 6.92 Å². The van der Waals surface area contributed by atoms with Crippen LogP contribution in [0.25, 0.3) is 0 Å². The van der Waals surface area contributed by atoms with Gasteiger partial charge in [-0.25, -0.2) is 0 Å². The van der Waals surface area contributed by atoms with Crippen LogP contribution in [0.5, 0.6) is 0 Å². The predicted octanol–water partition coefficient (Wildman–Crippen LogP) is 2.14. The highest BCUT2D eigenvalue weighted by Crippen LogP contribution is 1.94. The van der Waals surface area contributed by atoms with Crippen molar-refractivity contribution in [1.29, 1.82) is 0 Å². The average Bonchev–Trinajstić information content (AvgIpc) is 2.30. The number of hydrogen-bond acceptors (Lipinski definition) is 5. The van der Waals surface area contributed by atoms with E-state index in [-0.39, 0.29) is 24.8 Å². The maximum Gasteiger partial charge on any atom is 0.302 e. The van der Waals surface area contributed by atoms with Crippen molar-refractivity contribution in [3.8, 4) is 0 Å². The molecule has 0 saturated carbocycles. The topological polar surface area (TPSA) is 76.0 Å². The SMILES string of the molecule is CC(O)CCO.CCC(C)OC(C)=O.CCOCC. The van der Waals surface area contributed by atoms with Gasteiger partial charge in [-0.15, -0.1) is 0 Å². The van der Waals surface area contributed by atoms with Crippen LogP contribution in [0.15, 0.2) is 0 Å². The predicted molar refractivity (Wildman–Crippen MR) is 77.1 cm³/mol. The normalized spacial score (nSPS) is 12.2. The van der Waals surface area contributed by atoms with Crippen molar-refractivity contribution in [2.45, 2.75) is 66.6 Å². The van der Waals surface area contributed by atoms with Gasteiger partial charge >= 0.3 is 5.97 Å². The number of ether oxygens (including phenoxy) is 2. The first-order valence-electron chi connectivity index (χ1n) is 6.89. The highest BCUT2D eigenvalue weighted by atomic mass is 16.5. The molecule has 0 spiro atoms. The van der Waals surface area contributed by atoms with Crippen molar-refractivity contribution in [2.24, 2.45) is 0 Å². The van der Waals surface area contributed by atoms with Crippen molar-refractivity contribution in [1.82, 2.24) is 0 Å². The lowest BCUT2D eigenvalue weighted by Gasteiger charge is -2.06. The molecule has 0 amide bonds. The second-order valence-corrected chi connectivity index (χ2v) is 3.97. The molecule has 0 aliphatic carbocycles. The number of aliphatic hydroxyl groups excluding tert-OH is 2. The zero-order chi connectivity index (χ0) is 15.7. The average molecular weight is 280 g/mol. The Hall–Kier alpha value is -0.650. The second kappa shape index (κ2) is 19.7. The minimum Gasteiger partial charge on any atom is -0.463 e. The molecule has 0 heterocycles. The van der Waals surface area contributed by atoms with Crippen LogP contribution in [-0.2, 0) is 14.3 Å². The second-order valence-electron chi connectivity index (χ2n) is 3.97. The third-order valence-electron chi connectivity index (χ3n) is 1.90. The van der Waals surface area contributed by atoms with Gasteiger partial charge in [0.2, 0.25) is 0 Å². The molecule has 118 valence electrons.